The van der Waals surface area contributed by atoms with Crippen molar-refractivity contribution in [2.24, 2.45) is 7.05 Å². The van der Waals surface area contributed by atoms with Crippen LogP contribution in [0.1, 0.15) is 80.3 Å². The molecular weight excluding hydrogens is 521 g/mol. The number of aliphatic hydroxyl groups is 1. The number of hydrogen-bond donors (Lipinski definition) is 3. The van der Waals surface area contributed by atoms with E-state index in [1.165, 1.54) is 10.7 Å². The van der Waals surface area contributed by atoms with E-state index < -0.39 is 17.6 Å². The second-order valence-corrected chi connectivity index (χ2v) is 11.8. The molecule has 5 rings (SSSR count). The van der Waals surface area contributed by atoms with Gasteiger partial charge in [0.2, 0.25) is 0 Å². The second-order valence-electron chi connectivity index (χ2n) is 11.8. The molecule has 0 atom stereocenters. The molecule has 0 bridgehead atoms. The molecule has 40 heavy (non-hydrogen) atoms. The van der Waals surface area contributed by atoms with E-state index in [0.717, 1.165) is 103 Å². The smallest absolute Gasteiger partial charge is 0.393 e. The number of likely N-dealkylation sites (tertiary alicyclic amines) is 1. The molecule has 11 heteroatoms. The van der Waals surface area contributed by atoms with Crippen molar-refractivity contribution in [1.29, 1.82) is 0 Å². The van der Waals surface area contributed by atoms with Gasteiger partial charge in [0.15, 0.2) is 5.69 Å². The van der Waals surface area contributed by atoms with Crippen molar-refractivity contribution >= 4 is 22.5 Å². The van der Waals surface area contributed by atoms with Gasteiger partial charge < -0.3 is 25.5 Å². The number of amides is 1. The highest BCUT2D eigenvalue weighted by Gasteiger charge is 2.37. The Labute approximate surface area is 234 Å². The number of aryl methyl sites for hydroxylation is 1. The van der Waals surface area contributed by atoms with Gasteiger partial charge in [-0.2, -0.15) is 18.3 Å². The normalized spacial score (nSPS) is 23.9. The fourth-order valence-electron chi connectivity index (χ4n) is 6.53. The average Bonchev–Trinajstić information content (AvgIpc) is 3.08. The van der Waals surface area contributed by atoms with Gasteiger partial charge in [-0.1, -0.05) is 12.8 Å². The van der Waals surface area contributed by atoms with Crippen LogP contribution in [-0.2, 0) is 13.2 Å². The Morgan fingerprint density at radius 3 is 2.30 bits per heavy atom. The van der Waals surface area contributed by atoms with E-state index >= 15 is 0 Å². The van der Waals surface area contributed by atoms with E-state index in [2.05, 4.69) is 20.6 Å². The summed E-state index contributed by atoms with van der Waals surface area (Å²) in [6.07, 6.45) is 4.56. The summed E-state index contributed by atoms with van der Waals surface area (Å²) in [5.74, 6) is -0.543. The quantitative estimate of drug-likeness (QED) is 0.471. The molecule has 0 radical (unpaired) electrons. The lowest BCUT2D eigenvalue weighted by molar-refractivity contribution is -0.136. The predicted octanol–water partition coefficient (Wildman–Crippen LogP) is 4.06. The lowest BCUT2D eigenvalue weighted by Gasteiger charge is -2.33. The van der Waals surface area contributed by atoms with Gasteiger partial charge in [-0.3, -0.25) is 9.48 Å². The lowest BCUT2D eigenvalue weighted by Crippen LogP contribution is -2.47. The minimum Gasteiger partial charge on any atom is -0.393 e. The SMILES string of the molecule is Cn1nc(C(=O)NC2CCN(CCNC3CCC(O)CC3)CC2)c2c(C(F)(F)F)cc(N3CCCCCC3)cc21. The van der Waals surface area contributed by atoms with Crippen LogP contribution in [0.15, 0.2) is 12.1 Å². The Kier molecular flexibility index (Phi) is 9.21. The van der Waals surface area contributed by atoms with Crippen LogP contribution in [0.25, 0.3) is 10.9 Å². The maximum atomic E-state index is 14.3. The van der Waals surface area contributed by atoms with E-state index in [9.17, 15) is 23.1 Å². The number of hydrogen-bond acceptors (Lipinski definition) is 6. The number of piperidine rings is 1. The third-order valence-electron chi connectivity index (χ3n) is 8.91. The highest BCUT2D eigenvalue weighted by molar-refractivity contribution is 6.07. The van der Waals surface area contributed by atoms with Crippen molar-refractivity contribution in [2.75, 3.05) is 44.2 Å². The van der Waals surface area contributed by atoms with Gasteiger partial charge in [-0.05, 0) is 63.5 Å². The van der Waals surface area contributed by atoms with Crippen LogP contribution in [0.4, 0.5) is 18.9 Å². The van der Waals surface area contributed by atoms with Gasteiger partial charge in [0.1, 0.15) is 0 Å². The van der Waals surface area contributed by atoms with Crippen molar-refractivity contribution in [3.8, 4) is 0 Å². The molecular formula is C29H43F3N6O2. The molecule has 1 amide bonds. The number of carbonyl (C=O) groups excluding carboxylic acids is 1. The second kappa shape index (κ2) is 12.7. The van der Waals surface area contributed by atoms with Crippen molar-refractivity contribution in [1.82, 2.24) is 25.3 Å². The monoisotopic (exact) mass is 564 g/mol. The highest BCUT2D eigenvalue weighted by Crippen LogP contribution is 2.39. The zero-order valence-electron chi connectivity index (χ0n) is 23.5. The van der Waals surface area contributed by atoms with Crippen molar-refractivity contribution in [3.63, 3.8) is 0 Å². The van der Waals surface area contributed by atoms with Crippen molar-refractivity contribution < 1.29 is 23.1 Å². The lowest BCUT2D eigenvalue weighted by atomic mass is 9.93. The molecule has 1 aliphatic carbocycles. The molecule has 1 saturated carbocycles. The van der Waals surface area contributed by atoms with Gasteiger partial charge in [-0.25, -0.2) is 0 Å². The average molecular weight is 565 g/mol. The molecule has 3 N–H and O–H groups in total. The molecule has 222 valence electrons. The van der Waals surface area contributed by atoms with Crippen LogP contribution < -0.4 is 15.5 Å². The van der Waals surface area contributed by atoms with Gasteiger partial charge >= 0.3 is 6.18 Å². The summed E-state index contributed by atoms with van der Waals surface area (Å²) >= 11 is 0. The molecule has 3 heterocycles. The Hall–Kier alpha value is -2.37. The van der Waals surface area contributed by atoms with E-state index in [1.54, 1.807) is 13.1 Å². The largest absolute Gasteiger partial charge is 0.417 e. The number of anilines is 1. The Morgan fingerprint density at radius 2 is 1.65 bits per heavy atom. The summed E-state index contributed by atoms with van der Waals surface area (Å²) in [7, 11) is 1.60. The number of nitrogens with zero attached hydrogens (tertiary/aromatic N) is 4. The van der Waals surface area contributed by atoms with E-state index in [4.69, 9.17) is 0 Å². The number of carbonyl (C=O) groups is 1. The standard InChI is InChI=1S/C29H43F3N6O2/c1-36-25-19-22(38-13-4-2-3-5-14-38)18-24(29(30,31)32)26(25)27(35-36)28(40)34-21-10-15-37(16-11-21)17-12-33-20-6-8-23(39)9-7-20/h18-21,23,33,39H,2-17H2,1H3,(H,34,40). The maximum Gasteiger partial charge on any atom is 0.417 e. The third kappa shape index (κ3) is 6.91. The van der Waals surface area contributed by atoms with E-state index in [-0.39, 0.29) is 23.2 Å². The molecule has 1 aromatic heterocycles. The van der Waals surface area contributed by atoms with Crippen LogP contribution in [0, 0.1) is 0 Å². The van der Waals surface area contributed by atoms with Crippen molar-refractivity contribution in [2.45, 2.75) is 88.6 Å². The minimum atomic E-state index is -4.60. The molecule has 3 fully saturated rings. The number of rotatable bonds is 7. The summed E-state index contributed by atoms with van der Waals surface area (Å²) < 4.78 is 44.4. The molecule has 2 saturated heterocycles. The molecule has 0 unspecified atom stereocenters. The van der Waals surface area contributed by atoms with Crippen LogP contribution in [0.5, 0.6) is 0 Å². The molecule has 2 aliphatic heterocycles. The fourth-order valence-corrected chi connectivity index (χ4v) is 6.53. The van der Waals surface area contributed by atoms with Crippen LogP contribution in [-0.4, -0.2) is 83.2 Å². The molecule has 8 nitrogen and oxygen atoms in total. The Bertz CT molecular complexity index is 1140. The summed E-state index contributed by atoms with van der Waals surface area (Å²) in [4.78, 5) is 17.7. The van der Waals surface area contributed by atoms with Gasteiger partial charge in [0, 0.05) is 69.5 Å². The maximum absolute atomic E-state index is 14.3. The summed E-state index contributed by atoms with van der Waals surface area (Å²) in [6, 6.07) is 3.32. The Morgan fingerprint density at radius 1 is 0.975 bits per heavy atom. The predicted molar refractivity (Wildman–Crippen MR) is 150 cm³/mol. The van der Waals surface area contributed by atoms with Gasteiger partial charge in [-0.15, -0.1) is 0 Å². The van der Waals surface area contributed by atoms with Crippen LogP contribution in [0.3, 0.4) is 0 Å². The topological polar surface area (TPSA) is 85.7 Å². The number of aromatic nitrogens is 2. The summed E-state index contributed by atoms with van der Waals surface area (Å²) in [5.41, 5.74) is -0.0811. The molecule has 1 aromatic carbocycles. The number of fused-ring (bicyclic) bond motifs is 1. The number of halogens is 3. The first kappa shape index (κ1) is 29.1. The highest BCUT2D eigenvalue weighted by atomic mass is 19.4. The van der Waals surface area contributed by atoms with Crippen molar-refractivity contribution in [3.05, 3.63) is 23.4 Å². The number of benzene rings is 1. The van der Waals surface area contributed by atoms with E-state index in [1.807, 2.05) is 4.90 Å². The third-order valence-corrected chi connectivity index (χ3v) is 8.91. The fraction of sp³-hybridized carbons (Fsp3) is 0.724. The number of aliphatic hydroxyl groups excluding tert-OH is 1. The first-order valence-corrected chi connectivity index (χ1v) is 15.0. The van der Waals surface area contributed by atoms with Gasteiger partial charge in [0.05, 0.1) is 17.2 Å². The molecule has 3 aliphatic rings. The Balaban J connectivity index is 1.22. The minimum absolute atomic E-state index is 0.0979. The number of alkyl halides is 3. The van der Waals surface area contributed by atoms with Crippen LogP contribution >= 0.6 is 0 Å². The van der Waals surface area contributed by atoms with Crippen LogP contribution in [0.2, 0.25) is 0 Å². The van der Waals surface area contributed by atoms with Gasteiger partial charge in [0.25, 0.3) is 5.91 Å². The van der Waals surface area contributed by atoms with E-state index in [0.29, 0.717) is 17.2 Å². The molecule has 0 spiro atoms. The number of nitrogens with one attached hydrogen (secondary N) is 2. The first-order valence-electron chi connectivity index (χ1n) is 15.0. The zero-order valence-corrected chi connectivity index (χ0v) is 23.5. The summed E-state index contributed by atoms with van der Waals surface area (Å²) in [5, 5.41) is 20.4. The molecule has 2 aromatic rings. The first-order chi connectivity index (χ1) is 19.2. The summed E-state index contributed by atoms with van der Waals surface area (Å²) in [6.45, 7) is 4.91. The zero-order chi connectivity index (χ0) is 28.3.